The van der Waals surface area contributed by atoms with Crippen molar-refractivity contribution < 1.29 is 4.74 Å². The summed E-state index contributed by atoms with van der Waals surface area (Å²) in [6, 6.07) is 18.6. The summed E-state index contributed by atoms with van der Waals surface area (Å²) < 4.78 is 9.15. The normalized spacial score (nSPS) is 10.9. The number of ether oxygens (including phenoxy) is 1. The third kappa shape index (κ3) is 2.73. The Morgan fingerprint density at radius 3 is 2.75 bits per heavy atom. The fraction of sp³-hybridized carbons (Fsp3) is 0.176. The lowest BCUT2D eigenvalue weighted by Crippen LogP contribution is -2.09. The van der Waals surface area contributed by atoms with E-state index < -0.39 is 0 Å². The number of hydrogen-bond acceptors (Lipinski definition) is 1. The predicted molar refractivity (Wildman–Crippen MR) is 86.3 cm³/mol. The monoisotopic (exact) mass is 329 g/mol. The van der Waals surface area contributed by atoms with Crippen molar-refractivity contribution >= 4 is 26.8 Å². The first-order valence-corrected chi connectivity index (χ1v) is 7.46. The molecular weight excluding hydrogens is 314 g/mol. The first-order chi connectivity index (χ1) is 9.74. The number of fused-ring (bicyclic) bond motifs is 1. The first kappa shape index (κ1) is 13.3. The minimum atomic E-state index is 0.663. The maximum absolute atomic E-state index is 5.81. The molecule has 2 nitrogen and oxygen atoms in total. The minimum Gasteiger partial charge on any atom is -0.492 e. The molecule has 0 amide bonds. The van der Waals surface area contributed by atoms with E-state index in [1.54, 1.807) is 0 Å². The lowest BCUT2D eigenvalue weighted by Gasteiger charge is -2.10. The van der Waals surface area contributed by atoms with Crippen LogP contribution in [0.3, 0.4) is 0 Å². The number of rotatable bonds is 4. The number of nitrogens with zero attached hydrogens (tertiary/aromatic N) is 1. The van der Waals surface area contributed by atoms with E-state index in [0.717, 1.165) is 16.8 Å². The highest BCUT2D eigenvalue weighted by Crippen LogP contribution is 2.20. The number of halogens is 1. The van der Waals surface area contributed by atoms with Gasteiger partial charge in [0.2, 0.25) is 0 Å². The van der Waals surface area contributed by atoms with Crippen LogP contribution >= 0.6 is 15.9 Å². The molecule has 1 heterocycles. The van der Waals surface area contributed by atoms with E-state index in [1.807, 2.05) is 24.3 Å². The van der Waals surface area contributed by atoms with Crippen molar-refractivity contribution in [1.82, 2.24) is 4.57 Å². The molecule has 0 fully saturated rings. The molecular formula is C17H16BrNO. The summed E-state index contributed by atoms with van der Waals surface area (Å²) in [4.78, 5) is 0. The van der Waals surface area contributed by atoms with Crippen LogP contribution in [0.1, 0.15) is 5.69 Å². The van der Waals surface area contributed by atoms with Gasteiger partial charge in [-0.25, -0.2) is 0 Å². The Morgan fingerprint density at radius 2 is 1.90 bits per heavy atom. The quantitative estimate of drug-likeness (QED) is 0.671. The highest BCUT2D eigenvalue weighted by molar-refractivity contribution is 9.10. The summed E-state index contributed by atoms with van der Waals surface area (Å²) >= 11 is 3.45. The van der Waals surface area contributed by atoms with Gasteiger partial charge in [0, 0.05) is 15.7 Å². The first-order valence-electron chi connectivity index (χ1n) is 6.67. The Labute approximate surface area is 127 Å². The van der Waals surface area contributed by atoms with Gasteiger partial charge in [-0.1, -0.05) is 40.2 Å². The molecule has 0 bridgehead atoms. The highest BCUT2D eigenvalue weighted by Gasteiger charge is 2.04. The smallest absolute Gasteiger partial charge is 0.120 e. The van der Waals surface area contributed by atoms with Crippen molar-refractivity contribution in [3.05, 3.63) is 64.8 Å². The van der Waals surface area contributed by atoms with Gasteiger partial charge in [0.15, 0.2) is 0 Å². The molecule has 3 rings (SSSR count). The molecule has 0 aliphatic carbocycles. The Bertz CT molecular complexity index is 733. The lowest BCUT2D eigenvalue weighted by molar-refractivity contribution is 0.299. The topological polar surface area (TPSA) is 14.2 Å². The second-order valence-electron chi connectivity index (χ2n) is 4.80. The van der Waals surface area contributed by atoms with Crippen molar-refractivity contribution in [1.29, 1.82) is 0 Å². The van der Waals surface area contributed by atoms with Crippen LogP contribution in [0, 0.1) is 6.92 Å². The van der Waals surface area contributed by atoms with Gasteiger partial charge in [-0.2, -0.15) is 0 Å². The molecule has 0 saturated heterocycles. The van der Waals surface area contributed by atoms with E-state index in [0.29, 0.717) is 6.61 Å². The van der Waals surface area contributed by atoms with Gasteiger partial charge >= 0.3 is 0 Å². The van der Waals surface area contributed by atoms with Gasteiger partial charge in [-0.15, -0.1) is 0 Å². The van der Waals surface area contributed by atoms with Gasteiger partial charge in [-0.05, 0) is 42.6 Å². The second kappa shape index (κ2) is 5.71. The zero-order chi connectivity index (χ0) is 13.9. The standard InChI is InChI=1S/C17H16BrNO/c1-13-11-14-5-2-3-8-17(14)19(13)9-10-20-16-7-4-6-15(18)12-16/h2-8,11-12H,9-10H2,1H3. The maximum atomic E-state index is 5.81. The fourth-order valence-corrected chi connectivity index (χ4v) is 2.83. The number of benzene rings is 2. The number of para-hydroxylation sites is 1. The summed E-state index contributed by atoms with van der Waals surface area (Å²) in [5.41, 5.74) is 2.53. The van der Waals surface area contributed by atoms with Crippen LogP contribution in [0.5, 0.6) is 5.75 Å². The van der Waals surface area contributed by atoms with Gasteiger partial charge in [0.05, 0.1) is 6.54 Å². The fourth-order valence-electron chi connectivity index (χ4n) is 2.46. The lowest BCUT2D eigenvalue weighted by atomic mass is 10.2. The van der Waals surface area contributed by atoms with Crippen molar-refractivity contribution in [2.45, 2.75) is 13.5 Å². The van der Waals surface area contributed by atoms with Crippen LogP contribution in [0.25, 0.3) is 10.9 Å². The van der Waals surface area contributed by atoms with Crippen molar-refractivity contribution in [2.24, 2.45) is 0 Å². The highest BCUT2D eigenvalue weighted by atomic mass is 79.9. The van der Waals surface area contributed by atoms with Crippen LogP contribution in [0.2, 0.25) is 0 Å². The Morgan fingerprint density at radius 1 is 1.05 bits per heavy atom. The average Bonchev–Trinajstić information content (AvgIpc) is 2.75. The Kier molecular flexibility index (Phi) is 3.79. The number of aromatic nitrogens is 1. The van der Waals surface area contributed by atoms with E-state index in [4.69, 9.17) is 4.74 Å². The van der Waals surface area contributed by atoms with Crippen LogP contribution in [0.15, 0.2) is 59.1 Å². The molecule has 102 valence electrons. The van der Waals surface area contributed by atoms with Crippen LogP contribution in [0.4, 0.5) is 0 Å². The SMILES string of the molecule is Cc1cc2ccccc2n1CCOc1cccc(Br)c1. The van der Waals surface area contributed by atoms with E-state index in [9.17, 15) is 0 Å². The molecule has 2 aromatic carbocycles. The molecule has 20 heavy (non-hydrogen) atoms. The van der Waals surface area contributed by atoms with Gasteiger partial charge in [-0.3, -0.25) is 0 Å². The molecule has 0 saturated carbocycles. The van der Waals surface area contributed by atoms with E-state index in [-0.39, 0.29) is 0 Å². The van der Waals surface area contributed by atoms with E-state index in [1.165, 1.54) is 16.6 Å². The van der Waals surface area contributed by atoms with Crippen molar-refractivity contribution in [3.63, 3.8) is 0 Å². The third-order valence-electron chi connectivity index (χ3n) is 3.40. The largest absolute Gasteiger partial charge is 0.492 e. The zero-order valence-corrected chi connectivity index (χ0v) is 12.9. The van der Waals surface area contributed by atoms with Crippen molar-refractivity contribution in [3.8, 4) is 5.75 Å². The molecule has 0 unspecified atom stereocenters. The molecule has 0 aliphatic heterocycles. The summed E-state index contributed by atoms with van der Waals surface area (Å²) in [6.07, 6.45) is 0. The number of aryl methyl sites for hydroxylation is 1. The van der Waals surface area contributed by atoms with Crippen LogP contribution in [-0.2, 0) is 6.54 Å². The number of hydrogen-bond donors (Lipinski definition) is 0. The van der Waals surface area contributed by atoms with E-state index in [2.05, 4.69) is 57.8 Å². The van der Waals surface area contributed by atoms with Gasteiger partial charge < -0.3 is 9.30 Å². The maximum Gasteiger partial charge on any atom is 0.120 e. The third-order valence-corrected chi connectivity index (χ3v) is 3.89. The average molecular weight is 330 g/mol. The molecule has 0 N–H and O–H groups in total. The minimum absolute atomic E-state index is 0.663. The van der Waals surface area contributed by atoms with Crippen LogP contribution in [-0.4, -0.2) is 11.2 Å². The molecule has 0 aliphatic rings. The molecule has 0 radical (unpaired) electrons. The summed E-state index contributed by atoms with van der Waals surface area (Å²) in [5, 5.41) is 1.28. The molecule has 0 spiro atoms. The summed E-state index contributed by atoms with van der Waals surface area (Å²) in [7, 11) is 0. The van der Waals surface area contributed by atoms with Crippen molar-refractivity contribution in [2.75, 3.05) is 6.61 Å². The van der Waals surface area contributed by atoms with Gasteiger partial charge in [0.1, 0.15) is 12.4 Å². The molecule has 1 aromatic heterocycles. The summed E-state index contributed by atoms with van der Waals surface area (Å²) in [6.45, 7) is 3.65. The van der Waals surface area contributed by atoms with Crippen LogP contribution < -0.4 is 4.74 Å². The molecule has 0 atom stereocenters. The van der Waals surface area contributed by atoms with E-state index >= 15 is 0 Å². The zero-order valence-electron chi connectivity index (χ0n) is 11.3. The Hall–Kier alpha value is -1.74. The Balaban J connectivity index is 1.73. The second-order valence-corrected chi connectivity index (χ2v) is 5.72. The molecule has 3 heteroatoms. The summed E-state index contributed by atoms with van der Waals surface area (Å²) in [5.74, 6) is 0.897. The predicted octanol–water partition coefficient (Wildman–Crippen LogP) is 4.79. The van der Waals surface area contributed by atoms with Gasteiger partial charge in [0.25, 0.3) is 0 Å². The molecule has 3 aromatic rings.